The van der Waals surface area contributed by atoms with Gasteiger partial charge in [0.2, 0.25) is 5.91 Å². The van der Waals surface area contributed by atoms with Crippen molar-refractivity contribution in [2.75, 3.05) is 19.6 Å². The monoisotopic (exact) mass is 611 g/mol. The van der Waals surface area contributed by atoms with E-state index < -0.39 is 0 Å². The van der Waals surface area contributed by atoms with Crippen molar-refractivity contribution in [3.8, 4) is 0 Å². The van der Waals surface area contributed by atoms with Crippen LogP contribution in [0.25, 0.3) is 10.9 Å². The number of carbonyl (C=O) groups is 3. The van der Waals surface area contributed by atoms with Crippen LogP contribution in [0, 0.1) is 12.8 Å². The fourth-order valence-electron chi connectivity index (χ4n) is 5.30. The van der Waals surface area contributed by atoms with E-state index in [1.54, 1.807) is 4.90 Å². The Bertz CT molecular complexity index is 1400. The Morgan fingerprint density at radius 3 is 2.64 bits per heavy atom. The van der Waals surface area contributed by atoms with Gasteiger partial charge in [-0.2, -0.15) is 0 Å². The lowest BCUT2D eigenvalue weighted by Gasteiger charge is -2.38. The largest absolute Gasteiger partial charge is 0.339 e. The van der Waals surface area contributed by atoms with Gasteiger partial charge >= 0.3 is 0 Å². The van der Waals surface area contributed by atoms with Crippen LogP contribution >= 0.6 is 31.9 Å². The lowest BCUT2D eigenvalue weighted by Crippen LogP contribution is -2.50. The number of nitrogens with zero attached hydrogens (tertiary/aromatic N) is 3. The van der Waals surface area contributed by atoms with E-state index in [0.717, 1.165) is 31.8 Å². The molecule has 0 aliphatic carbocycles. The van der Waals surface area contributed by atoms with Gasteiger partial charge in [-0.25, -0.2) is 0 Å². The van der Waals surface area contributed by atoms with Gasteiger partial charge in [-0.05, 0) is 60.4 Å². The van der Waals surface area contributed by atoms with Crippen molar-refractivity contribution >= 4 is 60.4 Å². The van der Waals surface area contributed by atoms with Gasteiger partial charge in [-0.15, -0.1) is 0 Å². The first-order chi connectivity index (χ1) is 17.2. The van der Waals surface area contributed by atoms with Crippen LogP contribution in [0.4, 0.5) is 0 Å². The minimum atomic E-state index is -0.0910. The van der Waals surface area contributed by atoms with Crippen LogP contribution in [-0.2, 0) is 29.1 Å². The molecule has 0 spiro atoms. The molecule has 3 aromatic rings. The number of benzene rings is 2. The molecular formula is C28H27Br2N3O3. The maximum absolute atomic E-state index is 13.7. The van der Waals surface area contributed by atoms with E-state index in [1.807, 2.05) is 33.9 Å². The van der Waals surface area contributed by atoms with Crippen LogP contribution in [0.15, 0.2) is 58.1 Å². The second kappa shape index (κ2) is 9.98. The molecule has 3 heterocycles. The molecule has 2 aliphatic heterocycles. The van der Waals surface area contributed by atoms with Gasteiger partial charge in [0.05, 0.1) is 12.1 Å². The number of rotatable bonds is 6. The molecule has 0 bridgehead atoms. The average Bonchev–Trinajstić information content (AvgIpc) is 3.16. The minimum absolute atomic E-state index is 0.0230. The number of aromatic nitrogens is 1. The van der Waals surface area contributed by atoms with E-state index in [4.69, 9.17) is 0 Å². The van der Waals surface area contributed by atoms with E-state index >= 15 is 0 Å². The molecule has 8 heteroatoms. The van der Waals surface area contributed by atoms with Crippen molar-refractivity contribution in [2.45, 2.75) is 32.9 Å². The Morgan fingerprint density at radius 2 is 1.89 bits per heavy atom. The Morgan fingerprint density at radius 1 is 1.11 bits per heavy atom. The molecule has 6 nitrogen and oxygen atoms in total. The third kappa shape index (κ3) is 4.81. The standard InChI is InChI=1S/C28H27Br2N3O3/c1-3-27(35)33-12-18(13-33)10-21(34)15-32-16-24(23-11-20(29)4-5-26(23)32)28(36)31-7-6-22-19(14-31)8-17(2)9-25(22)30/h3-5,8-9,11,16,18H,1,6-7,10,12-15H2,2H3. The molecule has 0 radical (unpaired) electrons. The van der Waals surface area contributed by atoms with Crippen molar-refractivity contribution in [1.29, 1.82) is 0 Å². The van der Waals surface area contributed by atoms with Gasteiger partial charge in [0.25, 0.3) is 5.91 Å². The molecule has 2 aromatic carbocycles. The molecule has 1 fully saturated rings. The molecule has 0 saturated carbocycles. The summed E-state index contributed by atoms with van der Waals surface area (Å²) in [5.74, 6) is 0.156. The molecule has 0 N–H and O–H groups in total. The predicted molar refractivity (Wildman–Crippen MR) is 147 cm³/mol. The first-order valence-electron chi connectivity index (χ1n) is 12.0. The number of carbonyl (C=O) groups excluding carboxylic acids is 3. The summed E-state index contributed by atoms with van der Waals surface area (Å²) >= 11 is 7.21. The fourth-order valence-corrected chi connectivity index (χ4v) is 6.47. The number of hydrogen-bond acceptors (Lipinski definition) is 3. The van der Waals surface area contributed by atoms with Crippen LogP contribution < -0.4 is 0 Å². The fraction of sp³-hybridized carbons (Fsp3) is 0.321. The number of halogens is 2. The van der Waals surface area contributed by atoms with Crippen LogP contribution in [-0.4, -0.2) is 51.6 Å². The molecule has 0 unspecified atom stereocenters. The zero-order chi connectivity index (χ0) is 25.6. The molecule has 0 atom stereocenters. The van der Waals surface area contributed by atoms with E-state index in [2.05, 4.69) is 57.5 Å². The number of fused-ring (bicyclic) bond motifs is 2. The normalized spacial score (nSPS) is 15.5. The Labute approximate surface area is 227 Å². The Hall–Kier alpha value is -2.71. The number of hydrogen-bond donors (Lipinski definition) is 0. The lowest BCUT2D eigenvalue weighted by atomic mass is 9.94. The van der Waals surface area contributed by atoms with Crippen LogP contribution in [0.5, 0.6) is 0 Å². The van der Waals surface area contributed by atoms with Crippen molar-refractivity contribution in [3.05, 3.63) is 80.4 Å². The second-order valence-corrected chi connectivity index (χ2v) is 11.5. The number of aryl methyl sites for hydroxylation is 1. The summed E-state index contributed by atoms with van der Waals surface area (Å²) < 4.78 is 3.88. The highest BCUT2D eigenvalue weighted by Crippen LogP contribution is 2.31. The second-order valence-electron chi connectivity index (χ2n) is 9.75. The molecule has 1 aromatic heterocycles. The van der Waals surface area contributed by atoms with E-state index in [-0.39, 0.29) is 30.1 Å². The van der Waals surface area contributed by atoms with Gasteiger partial charge in [0, 0.05) is 64.6 Å². The van der Waals surface area contributed by atoms with Gasteiger partial charge in [0.1, 0.15) is 0 Å². The van der Waals surface area contributed by atoms with Gasteiger partial charge in [0.15, 0.2) is 5.78 Å². The molecular weight excluding hydrogens is 586 g/mol. The first-order valence-corrected chi connectivity index (χ1v) is 13.6. The molecule has 186 valence electrons. The van der Waals surface area contributed by atoms with Gasteiger partial charge in [-0.3, -0.25) is 14.4 Å². The Balaban J connectivity index is 1.36. The zero-order valence-electron chi connectivity index (χ0n) is 20.1. The summed E-state index contributed by atoms with van der Waals surface area (Å²) in [5, 5.41) is 0.838. The third-order valence-corrected chi connectivity index (χ3v) is 8.29. The molecule has 2 aliphatic rings. The smallest absolute Gasteiger partial charge is 0.256 e. The molecule has 1 saturated heterocycles. The maximum Gasteiger partial charge on any atom is 0.256 e. The highest BCUT2D eigenvalue weighted by atomic mass is 79.9. The highest BCUT2D eigenvalue weighted by molar-refractivity contribution is 9.10. The number of amides is 2. The van der Waals surface area contributed by atoms with E-state index in [1.165, 1.54) is 17.2 Å². The maximum atomic E-state index is 13.7. The summed E-state index contributed by atoms with van der Waals surface area (Å²) in [6.07, 6.45) is 4.35. The minimum Gasteiger partial charge on any atom is -0.339 e. The van der Waals surface area contributed by atoms with Crippen LogP contribution in [0.3, 0.4) is 0 Å². The third-order valence-electron chi connectivity index (χ3n) is 7.09. The number of ketones is 1. The van der Waals surface area contributed by atoms with Crippen molar-refractivity contribution in [2.24, 2.45) is 5.92 Å². The first kappa shape index (κ1) is 25.0. The Kier molecular flexibility index (Phi) is 6.92. The quantitative estimate of drug-likeness (QED) is 0.356. The number of likely N-dealkylation sites (tertiary alicyclic amines) is 1. The summed E-state index contributed by atoms with van der Waals surface area (Å²) in [6.45, 7) is 8.16. The van der Waals surface area contributed by atoms with Crippen molar-refractivity contribution in [1.82, 2.24) is 14.4 Å². The van der Waals surface area contributed by atoms with Gasteiger partial charge < -0.3 is 14.4 Å². The molecule has 5 rings (SSSR count). The SMILES string of the molecule is C=CC(=O)N1CC(CC(=O)Cn2cc(C(=O)N3CCc4c(Br)cc(C)cc4C3)c3cc(Br)ccc32)C1. The van der Waals surface area contributed by atoms with Crippen LogP contribution in [0.1, 0.15) is 33.5 Å². The van der Waals surface area contributed by atoms with E-state index in [9.17, 15) is 14.4 Å². The highest BCUT2D eigenvalue weighted by Gasteiger charge is 2.31. The zero-order valence-corrected chi connectivity index (χ0v) is 23.3. The molecule has 2 amide bonds. The lowest BCUT2D eigenvalue weighted by molar-refractivity contribution is -0.134. The topological polar surface area (TPSA) is 62.6 Å². The number of Topliss-reactive ketones (excluding diaryl/α,β-unsaturated/α-hetero) is 1. The summed E-state index contributed by atoms with van der Waals surface area (Å²) in [6, 6.07) is 10.1. The van der Waals surface area contributed by atoms with E-state index in [0.29, 0.717) is 38.2 Å². The summed E-state index contributed by atoms with van der Waals surface area (Å²) in [4.78, 5) is 41.9. The average molecular weight is 613 g/mol. The summed E-state index contributed by atoms with van der Waals surface area (Å²) in [7, 11) is 0. The van der Waals surface area contributed by atoms with Crippen molar-refractivity contribution < 1.29 is 14.4 Å². The molecule has 36 heavy (non-hydrogen) atoms. The van der Waals surface area contributed by atoms with Gasteiger partial charge in [-0.1, -0.05) is 44.5 Å². The predicted octanol–water partition coefficient (Wildman–Crippen LogP) is 5.28. The summed E-state index contributed by atoms with van der Waals surface area (Å²) in [5.41, 5.74) is 5.08. The van der Waals surface area contributed by atoms with Crippen molar-refractivity contribution in [3.63, 3.8) is 0 Å². The van der Waals surface area contributed by atoms with Crippen LogP contribution in [0.2, 0.25) is 0 Å².